The van der Waals surface area contributed by atoms with Gasteiger partial charge in [0.2, 0.25) is 0 Å². The molecular weight excluding hydrogens is 242 g/mol. The summed E-state index contributed by atoms with van der Waals surface area (Å²) in [7, 11) is 0. The first-order valence-corrected chi connectivity index (χ1v) is 6.69. The van der Waals surface area contributed by atoms with Crippen molar-refractivity contribution >= 4 is 11.9 Å². The van der Waals surface area contributed by atoms with E-state index in [0.717, 1.165) is 24.8 Å². The summed E-state index contributed by atoms with van der Waals surface area (Å²) in [5.41, 5.74) is 1.60. The van der Waals surface area contributed by atoms with Crippen molar-refractivity contribution in [2.45, 2.75) is 45.2 Å². The Bertz CT molecular complexity index is 494. The first-order valence-electron chi connectivity index (χ1n) is 6.69. The molecule has 19 heavy (non-hydrogen) atoms. The van der Waals surface area contributed by atoms with Crippen LogP contribution in [0.1, 0.15) is 42.6 Å². The number of nitrogens with zero attached hydrogens (tertiary/aromatic N) is 1. The van der Waals surface area contributed by atoms with Gasteiger partial charge in [-0.3, -0.25) is 4.79 Å². The van der Waals surface area contributed by atoms with Crippen LogP contribution in [0.3, 0.4) is 0 Å². The first-order chi connectivity index (χ1) is 9.06. The van der Waals surface area contributed by atoms with E-state index in [-0.39, 0.29) is 11.9 Å². The molecule has 0 aromatic heterocycles. The van der Waals surface area contributed by atoms with Crippen molar-refractivity contribution in [1.29, 1.82) is 0 Å². The van der Waals surface area contributed by atoms with Gasteiger partial charge < -0.3 is 10.0 Å². The van der Waals surface area contributed by atoms with Gasteiger partial charge in [-0.2, -0.15) is 0 Å². The molecule has 1 amide bonds. The maximum Gasteiger partial charge on any atom is 0.326 e. The molecule has 1 saturated carbocycles. The minimum Gasteiger partial charge on any atom is -0.480 e. The summed E-state index contributed by atoms with van der Waals surface area (Å²) in [5, 5.41) is 9.16. The van der Waals surface area contributed by atoms with E-state index in [1.165, 1.54) is 4.90 Å². The zero-order valence-corrected chi connectivity index (χ0v) is 11.3. The van der Waals surface area contributed by atoms with E-state index in [1.54, 1.807) is 13.0 Å². The van der Waals surface area contributed by atoms with Crippen molar-refractivity contribution in [3.63, 3.8) is 0 Å². The summed E-state index contributed by atoms with van der Waals surface area (Å²) >= 11 is 0. The van der Waals surface area contributed by atoms with Gasteiger partial charge in [0.15, 0.2) is 0 Å². The molecule has 4 heteroatoms. The molecule has 1 fully saturated rings. The second-order valence-electron chi connectivity index (χ2n) is 4.97. The Kier molecular flexibility index (Phi) is 3.88. The number of rotatable bonds is 5. The zero-order valence-electron chi connectivity index (χ0n) is 11.3. The Morgan fingerprint density at radius 3 is 2.53 bits per heavy atom. The van der Waals surface area contributed by atoms with Crippen LogP contribution >= 0.6 is 0 Å². The van der Waals surface area contributed by atoms with Crippen LogP contribution in [0.25, 0.3) is 0 Å². The monoisotopic (exact) mass is 261 g/mol. The highest BCUT2D eigenvalue weighted by Gasteiger charge is 2.39. The molecule has 0 radical (unpaired) electrons. The number of aryl methyl sites for hydroxylation is 1. The Morgan fingerprint density at radius 2 is 2.00 bits per heavy atom. The average Bonchev–Trinajstić information content (AvgIpc) is 3.23. The third-order valence-electron chi connectivity index (χ3n) is 3.58. The molecule has 1 aromatic carbocycles. The number of benzene rings is 1. The van der Waals surface area contributed by atoms with Crippen molar-refractivity contribution < 1.29 is 14.7 Å². The highest BCUT2D eigenvalue weighted by atomic mass is 16.4. The third kappa shape index (κ3) is 2.78. The standard InChI is InChI=1S/C15H19NO3/c1-3-11-6-4-5-7-13(11)14(17)16(12-8-9-12)10(2)15(18)19/h4-7,10,12H,3,8-9H2,1-2H3,(H,18,19). The van der Waals surface area contributed by atoms with Gasteiger partial charge in [0.25, 0.3) is 5.91 Å². The quantitative estimate of drug-likeness (QED) is 0.885. The molecule has 0 heterocycles. The van der Waals surface area contributed by atoms with Gasteiger partial charge >= 0.3 is 5.97 Å². The molecule has 0 bridgehead atoms. The molecule has 102 valence electrons. The van der Waals surface area contributed by atoms with Crippen LogP contribution in [-0.4, -0.2) is 34.0 Å². The van der Waals surface area contributed by atoms with Crippen LogP contribution in [0, 0.1) is 0 Å². The van der Waals surface area contributed by atoms with Crippen molar-refractivity contribution in [2.24, 2.45) is 0 Å². The second-order valence-corrected chi connectivity index (χ2v) is 4.97. The first kappa shape index (κ1) is 13.6. The third-order valence-corrected chi connectivity index (χ3v) is 3.58. The minimum absolute atomic E-state index is 0.0866. The van der Waals surface area contributed by atoms with Crippen molar-refractivity contribution in [1.82, 2.24) is 4.90 Å². The van der Waals surface area contributed by atoms with Crippen LogP contribution in [0.2, 0.25) is 0 Å². The lowest BCUT2D eigenvalue weighted by molar-refractivity contribution is -0.141. The Labute approximate surface area is 113 Å². The molecule has 0 aliphatic heterocycles. The summed E-state index contributed by atoms with van der Waals surface area (Å²) in [6, 6.07) is 6.74. The molecule has 1 N–H and O–H groups in total. The molecular formula is C15H19NO3. The smallest absolute Gasteiger partial charge is 0.326 e. The highest BCUT2D eigenvalue weighted by Crippen LogP contribution is 2.30. The highest BCUT2D eigenvalue weighted by molar-refractivity contribution is 5.98. The molecule has 1 unspecified atom stereocenters. The van der Waals surface area contributed by atoms with Gasteiger partial charge in [-0.1, -0.05) is 25.1 Å². The van der Waals surface area contributed by atoms with Crippen LogP contribution in [0.5, 0.6) is 0 Å². The van der Waals surface area contributed by atoms with Gasteiger partial charge in [-0.05, 0) is 37.8 Å². The van der Waals surface area contributed by atoms with Gasteiger partial charge in [0.05, 0.1) is 0 Å². The molecule has 0 spiro atoms. The predicted molar refractivity (Wildman–Crippen MR) is 72.1 cm³/mol. The Balaban J connectivity index is 2.31. The number of hydrogen-bond donors (Lipinski definition) is 1. The van der Waals surface area contributed by atoms with E-state index < -0.39 is 12.0 Å². The molecule has 1 aliphatic rings. The molecule has 0 saturated heterocycles. The number of hydrogen-bond acceptors (Lipinski definition) is 2. The topological polar surface area (TPSA) is 57.6 Å². The second kappa shape index (κ2) is 5.43. The summed E-state index contributed by atoms with van der Waals surface area (Å²) in [5.74, 6) is -1.11. The summed E-state index contributed by atoms with van der Waals surface area (Å²) in [6.07, 6.45) is 2.57. The van der Waals surface area contributed by atoms with Gasteiger partial charge in [-0.15, -0.1) is 0 Å². The molecule has 1 aromatic rings. The number of amides is 1. The van der Waals surface area contributed by atoms with Gasteiger partial charge in [0.1, 0.15) is 6.04 Å². The van der Waals surface area contributed by atoms with Gasteiger partial charge in [-0.25, -0.2) is 4.79 Å². The van der Waals surface area contributed by atoms with Crippen molar-refractivity contribution in [3.8, 4) is 0 Å². The molecule has 1 atom stereocenters. The lowest BCUT2D eigenvalue weighted by Crippen LogP contribution is -2.45. The van der Waals surface area contributed by atoms with Crippen molar-refractivity contribution in [2.75, 3.05) is 0 Å². The van der Waals surface area contributed by atoms with E-state index in [0.29, 0.717) is 5.56 Å². The predicted octanol–water partition coefficient (Wildman–Crippen LogP) is 2.33. The fourth-order valence-electron chi connectivity index (χ4n) is 2.31. The zero-order chi connectivity index (χ0) is 14.0. The van der Waals surface area contributed by atoms with E-state index >= 15 is 0 Å². The van der Waals surface area contributed by atoms with Crippen LogP contribution < -0.4 is 0 Å². The van der Waals surface area contributed by atoms with E-state index in [4.69, 9.17) is 5.11 Å². The number of carbonyl (C=O) groups excluding carboxylic acids is 1. The van der Waals surface area contributed by atoms with E-state index in [2.05, 4.69) is 0 Å². The van der Waals surface area contributed by atoms with Crippen LogP contribution in [-0.2, 0) is 11.2 Å². The number of carbonyl (C=O) groups is 2. The SMILES string of the molecule is CCc1ccccc1C(=O)N(C1CC1)C(C)C(=O)O. The average molecular weight is 261 g/mol. The summed E-state index contributed by atoms with van der Waals surface area (Å²) < 4.78 is 0. The number of aliphatic carboxylic acids is 1. The van der Waals surface area contributed by atoms with Gasteiger partial charge in [0, 0.05) is 11.6 Å². The fourth-order valence-corrected chi connectivity index (χ4v) is 2.31. The van der Waals surface area contributed by atoms with Crippen LogP contribution in [0.4, 0.5) is 0 Å². The lowest BCUT2D eigenvalue weighted by atomic mass is 10.0. The normalized spacial score (nSPS) is 15.9. The molecule has 1 aliphatic carbocycles. The number of carboxylic acid groups (broad SMARTS) is 1. The lowest BCUT2D eigenvalue weighted by Gasteiger charge is -2.27. The van der Waals surface area contributed by atoms with E-state index in [1.807, 2.05) is 25.1 Å². The number of carboxylic acids is 1. The van der Waals surface area contributed by atoms with Crippen LogP contribution in [0.15, 0.2) is 24.3 Å². The Hall–Kier alpha value is -1.84. The minimum atomic E-state index is -0.950. The van der Waals surface area contributed by atoms with E-state index in [9.17, 15) is 9.59 Å². The molecule has 4 nitrogen and oxygen atoms in total. The largest absolute Gasteiger partial charge is 0.480 e. The fraction of sp³-hybridized carbons (Fsp3) is 0.467. The summed E-state index contributed by atoms with van der Waals surface area (Å²) in [6.45, 7) is 3.57. The maximum atomic E-state index is 12.6. The molecule has 2 rings (SSSR count). The Morgan fingerprint density at radius 1 is 1.37 bits per heavy atom. The maximum absolute atomic E-state index is 12.6. The summed E-state index contributed by atoms with van der Waals surface area (Å²) in [4.78, 5) is 25.3. The van der Waals surface area contributed by atoms with Crippen molar-refractivity contribution in [3.05, 3.63) is 35.4 Å².